The summed E-state index contributed by atoms with van der Waals surface area (Å²) < 4.78 is 4.75. The molecule has 4 heterocycles. The van der Waals surface area contributed by atoms with Gasteiger partial charge >= 0.3 is 12.2 Å². The van der Waals surface area contributed by atoms with Crippen molar-refractivity contribution in [3.8, 4) is 22.5 Å². The van der Waals surface area contributed by atoms with Crippen LogP contribution in [-0.4, -0.2) is 97.7 Å². The van der Waals surface area contributed by atoms with Gasteiger partial charge in [-0.25, -0.2) is 19.6 Å². The number of carboxylic acid groups (broad SMARTS) is 1. The van der Waals surface area contributed by atoms with E-state index in [4.69, 9.17) is 15.5 Å². The number of methoxy groups -OCH3 is 1. The summed E-state index contributed by atoms with van der Waals surface area (Å²) in [5, 5.41) is 14.5. The van der Waals surface area contributed by atoms with E-state index in [1.165, 1.54) is 7.11 Å². The molecule has 2 aliphatic rings. The molecule has 0 saturated carbocycles. The molecule has 7 N–H and O–H groups in total. The fourth-order valence-electron chi connectivity index (χ4n) is 6.52. The Kier molecular flexibility index (Phi) is 11.1. The molecule has 2 saturated heterocycles. The number of aromatic amines is 2. The third kappa shape index (κ3) is 8.15. The summed E-state index contributed by atoms with van der Waals surface area (Å²) in [4.78, 5) is 61.0. The monoisotopic (exact) mass is 676 g/mol. The number of carbonyl (C=O) groups excluding carboxylic acids is 2. The number of benzene rings is 1. The Bertz CT molecular complexity index is 1630. The Hall–Kier alpha value is -5.08. The number of nitrogens with zero attached hydrogens (tertiary/aromatic N) is 5. The first-order chi connectivity index (χ1) is 23.5. The van der Waals surface area contributed by atoms with Crippen LogP contribution in [0.25, 0.3) is 22.5 Å². The number of imidazole rings is 2. The highest BCUT2D eigenvalue weighted by molar-refractivity contribution is 5.86. The number of carbonyl (C=O) groups is 3. The van der Waals surface area contributed by atoms with Crippen molar-refractivity contribution in [2.75, 3.05) is 26.7 Å². The molecule has 5 rings (SSSR count). The van der Waals surface area contributed by atoms with Crippen molar-refractivity contribution in [2.45, 2.75) is 77.5 Å². The van der Waals surface area contributed by atoms with Crippen molar-refractivity contribution in [2.24, 2.45) is 22.6 Å². The Balaban J connectivity index is 1.25. The van der Waals surface area contributed by atoms with E-state index in [9.17, 15) is 19.5 Å². The number of aromatic nitrogens is 4. The summed E-state index contributed by atoms with van der Waals surface area (Å²) in [6.45, 7) is 9.33. The smallest absolute Gasteiger partial charge is 0.407 e. The molecule has 4 atom stereocenters. The van der Waals surface area contributed by atoms with Crippen molar-refractivity contribution in [3.05, 3.63) is 48.3 Å². The fraction of sp³-hybridized carbons (Fsp3) is 0.529. The van der Waals surface area contributed by atoms with E-state index in [1.54, 1.807) is 11.1 Å². The number of ether oxygens (including phenoxy) is 1. The summed E-state index contributed by atoms with van der Waals surface area (Å²) in [7, 11) is 1.34. The first kappa shape index (κ1) is 35.2. The van der Waals surface area contributed by atoms with Crippen LogP contribution in [0, 0.1) is 11.8 Å². The second-order valence-corrected chi connectivity index (χ2v) is 13.3. The Morgan fingerprint density at radius 3 is 1.94 bits per heavy atom. The lowest BCUT2D eigenvalue weighted by molar-refractivity contribution is -0.135. The van der Waals surface area contributed by atoms with E-state index in [2.05, 4.69) is 35.5 Å². The molecular formula is C34H48N10O5. The molecule has 0 radical (unpaired) electrons. The maximum atomic E-state index is 13.3. The van der Waals surface area contributed by atoms with E-state index in [0.717, 1.165) is 60.6 Å². The highest BCUT2D eigenvalue weighted by Gasteiger charge is 2.37. The zero-order valence-corrected chi connectivity index (χ0v) is 28.8. The number of alkyl carbamates (subject to hydrolysis) is 1. The minimum Gasteiger partial charge on any atom is -0.465 e. The summed E-state index contributed by atoms with van der Waals surface area (Å²) >= 11 is 0. The number of amides is 3. The van der Waals surface area contributed by atoms with Gasteiger partial charge in [-0.3, -0.25) is 9.79 Å². The van der Waals surface area contributed by atoms with Gasteiger partial charge in [-0.1, -0.05) is 52.0 Å². The molecular weight excluding hydrogens is 628 g/mol. The van der Waals surface area contributed by atoms with Gasteiger partial charge in [0.25, 0.3) is 0 Å². The quantitative estimate of drug-likeness (QED) is 0.127. The first-order valence-electron chi connectivity index (χ1n) is 16.9. The molecule has 0 bridgehead atoms. The third-order valence-corrected chi connectivity index (χ3v) is 9.37. The average Bonchev–Trinajstić information content (AvgIpc) is 3.90. The fourth-order valence-corrected chi connectivity index (χ4v) is 6.52. The third-order valence-electron chi connectivity index (χ3n) is 9.37. The van der Waals surface area contributed by atoms with Crippen LogP contribution in [0.15, 0.2) is 41.7 Å². The van der Waals surface area contributed by atoms with E-state index in [0.29, 0.717) is 24.9 Å². The van der Waals surface area contributed by atoms with Crippen LogP contribution in [-0.2, 0) is 9.53 Å². The van der Waals surface area contributed by atoms with Gasteiger partial charge in [0, 0.05) is 13.1 Å². The molecule has 0 spiro atoms. The number of guanidine groups is 1. The van der Waals surface area contributed by atoms with Gasteiger partial charge in [0.15, 0.2) is 5.96 Å². The molecule has 15 nitrogen and oxygen atoms in total. The lowest BCUT2D eigenvalue weighted by Crippen LogP contribution is -2.50. The van der Waals surface area contributed by atoms with E-state index < -0.39 is 18.2 Å². The Labute approximate surface area is 286 Å². The molecule has 264 valence electrons. The summed E-state index contributed by atoms with van der Waals surface area (Å²) in [5.41, 5.74) is 10.1. The topological polar surface area (TPSA) is 207 Å². The van der Waals surface area contributed by atoms with Gasteiger partial charge < -0.3 is 46.0 Å². The molecule has 4 unspecified atom stereocenters. The summed E-state index contributed by atoms with van der Waals surface area (Å²) in [6.07, 6.45) is 5.30. The van der Waals surface area contributed by atoms with Crippen LogP contribution in [0.2, 0.25) is 0 Å². The Morgan fingerprint density at radius 2 is 1.45 bits per heavy atom. The lowest BCUT2D eigenvalue weighted by Gasteiger charge is -2.29. The van der Waals surface area contributed by atoms with Crippen molar-refractivity contribution < 1.29 is 24.2 Å². The molecule has 1 aromatic carbocycles. The zero-order valence-electron chi connectivity index (χ0n) is 28.8. The normalized spacial score (nSPS) is 19.4. The highest BCUT2D eigenvalue weighted by atomic mass is 16.5. The molecule has 2 aliphatic heterocycles. The number of nitrogens with one attached hydrogen (secondary N) is 4. The minimum atomic E-state index is -1.21. The van der Waals surface area contributed by atoms with Crippen molar-refractivity contribution in [1.29, 1.82) is 0 Å². The van der Waals surface area contributed by atoms with Crippen molar-refractivity contribution in [3.63, 3.8) is 0 Å². The van der Waals surface area contributed by atoms with Crippen molar-refractivity contribution >= 4 is 24.1 Å². The second kappa shape index (κ2) is 15.4. The van der Waals surface area contributed by atoms with Gasteiger partial charge in [-0.05, 0) is 48.6 Å². The first-order valence-corrected chi connectivity index (χ1v) is 16.9. The predicted octanol–water partition coefficient (Wildman–Crippen LogP) is 4.25. The SMILES string of the molecule is COC(=O)NC(CN=C(N)N1CCCC1c1ncc(-c2ccc(-c3cnc(C4CCCN4C(=O)C(NC(=O)O)C(C)C)[nH]3)cc2)[nH]1)C(C)C. The van der Waals surface area contributed by atoms with Crippen molar-refractivity contribution in [1.82, 2.24) is 40.4 Å². The van der Waals surface area contributed by atoms with Crippen LogP contribution < -0.4 is 16.4 Å². The van der Waals surface area contributed by atoms with Crippen LogP contribution in [0.1, 0.15) is 77.1 Å². The molecule has 2 fully saturated rings. The molecule has 2 aromatic heterocycles. The highest BCUT2D eigenvalue weighted by Crippen LogP contribution is 2.34. The van der Waals surface area contributed by atoms with Gasteiger partial charge in [0.1, 0.15) is 17.7 Å². The summed E-state index contributed by atoms with van der Waals surface area (Å²) in [6, 6.07) is 6.76. The second-order valence-electron chi connectivity index (χ2n) is 13.3. The zero-order chi connectivity index (χ0) is 35.2. The standard InChI is InChI=1S/C34H48N10O5/c1-19(2)23(41-34(48)49-5)16-38-32(35)44-15-7-9-27(44)30-37-18-25(40-30)22-12-10-21(11-13-22)24-17-36-29(39-24)26-8-6-14-43(26)31(45)28(20(3)4)42-33(46)47/h10-13,17-20,23,26-28,42H,6-9,14-16H2,1-5H3,(H2,35,38)(H,36,39)(H,37,40)(H,41,48)(H,46,47). The maximum absolute atomic E-state index is 13.3. The van der Waals surface area contributed by atoms with Crippen LogP contribution >= 0.6 is 0 Å². The van der Waals surface area contributed by atoms with Gasteiger partial charge in [0.05, 0.1) is 55.6 Å². The van der Waals surface area contributed by atoms with Gasteiger partial charge in [0.2, 0.25) is 5.91 Å². The molecule has 0 aliphatic carbocycles. The molecule has 3 aromatic rings. The number of aliphatic imine (C=N–C) groups is 1. The van der Waals surface area contributed by atoms with E-state index >= 15 is 0 Å². The number of likely N-dealkylation sites (tertiary alicyclic amines) is 2. The summed E-state index contributed by atoms with van der Waals surface area (Å²) in [5.74, 6) is 1.66. The van der Waals surface area contributed by atoms with Crippen LogP contribution in [0.4, 0.5) is 9.59 Å². The predicted molar refractivity (Wildman–Crippen MR) is 184 cm³/mol. The molecule has 3 amide bonds. The lowest BCUT2D eigenvalue weighted by atomic mass is 10.0. The molecule has 15 heteroatoms. The number of H-pyrrole nitrogens is 2. The van der Waals surface area contributed by atoms with Gasteiger partial charge in [-0.2, -0.15) is 0 Å². The average molecular weight is 677 g/mol. The van der Waals surface area contributed by atoms with E-state index in [-0.39, 0.29) is 35.9 Å². The Morgan fingerprint density at radius 1 is 0.918 bits per heavy atom. The number of nitrogens with two attached hydrogens (primary N) is 1. The van der Waals surface area contributed by atoms with Crippen LogP contribution in [0.3, 0.4) is 0 Å². The molecule has 49 heavy (non-hydrogen) atoms. The minimum absolute atomic E-state index is 0.0379. The number of rotatable bonds is 11. The van der Waals surface area contributed by atoms with E-state index in [1.807, 2.05) is 58.2 Å². The van der Waals surface area contributed by atoms with Crippen LogP contribution in [0.5, 0.6) is 0 Å². The van der Waals surface area contributed by atoms with Gasteiger partial charge in [-0.15, -0.1) is 0 Å². The number of hydrogen-bond acceptors (Lipinski definition) is 7. The largest absolute Gasteiger partial charge is 0.465 e. The maximum Gasteiger partial charge on any atom is 0.407 e. The number of hydrogen-bond donors (Lipinski definition) is 6.